The quantitative estimate of drug-likeness (QED) is 0.773. The molecular formula is C17H16N6O2. The molecule has 1 amide bonds. The molecule has 8 nitrogen and oxygen atoms in total. The molecule has 0 spiro atoms. The van der Waals surface area contributed by atoms with Crippen LogP contribution in [0.1, 0.15) is 40.5 Å². The zero-order chi connectivity index (χ0) is 17.1. The van der Waals surface area contributed by atoms with Crippen molar-refractivity contribution in [2.75, 3.05) is 0 Å². The van der Waals surface area contributed by atoms with Crippen molar-refractivity contribution in [3.8, 4) is 11.5 Å². The first-order chi connectivity index (χ1) is 12.3. The average molecular weight is 336 g/mol. The number of hydrogen-bond acceptors (Lipinski definition) is 7. The van der Waals surface area contributed by atoms with Crippen molar-refractivity contribution >= 4 is 5.91 Å². The fraction of sp³-hybridized carbons (Fsp3) is 0.294. The van der Waals surface area contributed by atoms with Gasteiger partial charge in [0, 0.05) is 6.20 Å². The first-order valence-corrected chi connectivity index (χ1v) is 8.17. The topological polar surface area (TPSA) is 107 Å². The van der Waals surface area contributed by atoms with Crippen LogP contribution in [-0.4, -0.2) is 31.2 Å². The molecule has 8 heteroatoms. The van der Waals surface area contributed by atoms with Gasteiger partial charge in [-0.05, 0) is 49.4 Å². The van der Waals surface area contributed by atoms with Crippen LogP contribution in [0.25, 0.3) is 11.5 Å². The largest absolute Gasteiger partial charge is 0.342 e. The fourth-order valence-corrected chi connectivity index (χ4v) is 2.77. The van der Waals surface area contributed by atoms with Crippen molar-refractivity contribution in [1.82, 2.24) is 30.6 Å². The molecule has 1 aliphatic rings. The molecule has 0 radical (unpaired) electrons. The number of aromatic nitrogens is 5. The third-order valence-electron chi connectivity index (χ3n) is 4.06. The van der Waals surface area contributed by atoms with Crippen LogP contribution in [0, 0.1) is 0 Å². The van der Waals surface area contributed by atoms with Crippen LogP contribution in [0.4, 0.5) is 0 Å². The zero-order valence-electron chi connectivity index (χ0n) is 13.5. The fourth-order valence-electron chi connectivity index (χ4n) is 2.77. The van der Waals surface area contributed by atoms with Gasteiger partial charge in [-0.15, -0.1) is 5.10 Å². The van der Waals surface area contributed by atoms with E-state index in [0.717, 1.165) is 36.9 Å². The SMILES string of the molecule is O=C(NCc1nc(-c2ccccn2)no1)c1cc2c(nn1)CCCC2. The highest BCUT2D eigenvalue weighted by Gasteiger charge is 2.16. The van der Waals surface area contributed by atoms with Gasteiger partial charge in [0.1, 0.15) is 5.69 Å². The maximum Gasteiger partial charge on any atom is 0.272 e. The van der Waals surface area contributed by atoms with Gasteiger partial charge in [-0.1, -0.05) is 11.2 Å². The van der Waals surface area contributed by atoms with Crippen molar-refractivity contribution in [3.05, 3.63) is 53.3 Å². The number of rotatable bonds is 4. The van der Waals surface area contributed by atoms with E-state index in [0.29, 0.717) is 23.1 Å². The Kier molecular flexibility index (Phi) is 4.16. The van der Waals surface area contributed by atoms with Crippen molar-refractivity contribution < 1.29 is 9.32 Å². The standard InChI is InChI=1S/C17H16N6O2/c24-17(14-9-11-5-1-2-6-12(11)21-22-14)19-10-15-20-16(23-25-15)13-7-3-4-8-18-13/h3-4,7-9H,1-2,5-6,10H2,(H,19,24). The molecule has 3 aromatic rings. The van der Waals surface area contributed by atoms with Crippen LogP contribution in [0.3, 0.4) is 0 Å². The minimum Gasteiger partial charge on any atom is -0.342 e. The lowest BCUT2D eigenvalue weighted by Crippen LogP contribution is -2.25. The predicted octanol–water partition coefficient (Wildman–Crippen LogP) is 1.73. The van der Waals surface area contributed by atoms with Gasteiger partial charge in [0.15, 0.2) is 5.69 Å². The molecule has 1 aliphatic carbocycles. The molecule has 1 N–H and O–H groups in total. The van der Waals surface area contributed by atoms with Crippen molar-refractivity contribution in [2.45, 2.75) is 32.2 Å². The number of nitrogens with one attached hydrogen (secondary N) is 1. The Morgan fingerprint density at radius 2 is 2.12 bits per heavy atom. The summed E-state index contributed by atoms with van der Waals surface area (Å²) >= 11 is 0. The Morgan fingerprint density at radius 1 is 1.20 bits per heavy atom. The number of carbonyl (C=O) groups excluding carboxylic acids is 1. The Labute approximate surface area is 143 Å². The lowest BCUT2D eigenvalue weighted by molar-refractivity contribution is 0.0940. The smallest absolute Gasteiger partial charge is 0.272 e. The number of hydrogen-bond donors (Lipinski definition) is 1. The van der Waals surface area contributed by atoms with E-state index in [1.165, 1.54) is 0 Å². The molecule has 0 saturated carbocycles. The molecule has 0 bridgehead atoms. The Balaban J connectivity index is 1.41. The first-order valence-electron chi connectivity index (χ1n) is 8.17. The van der Waals surface area contributed by atoms with Crippen LogP contribution in [-0.2, 0) is 19.4 Å². The normalized spacial score (nSPS) is 13.3. The second kappa shape index (κ2) is 6.76. The highest BCUT2D eigenvalue weighted by Crippen LogP contribution is 2.19. The van der Waals surface area contributed by atoms with Gasteiger partial charge < -0.3 is 9.84 Å². The molecule has 0 atom stereocenters. The molecule has 0 fully saturated rings. The Hall–Kier alpha value is -3.16. The van der Waals surface area contributed by atoms with E-state index in [-0.39, 0.29) is 12.5 Å². The van der Waals surface area contributed by atoms with Gasteiger partial charge in [-0.25, -0.2) is 0 Å². The average Bonchev–Trinajstić information content (AvgIpc) is 3.15. The summed E-state index contributed by atoms with van der Waals surface area (Å²) in [6.45, 7) is 0.122. The van der Waals surface area contributed by atoms with Gasteiger partial charge >= 0.3 is 0 Å². The Bertz CT molecular complexity index is 893. The minimum atomic E-state index is -0.307. The maximum atomic E-state index is 12.3. The predicted molar refractivity (Wildman–Crippen MR) is 87.4 cm³/mol. The van der Waals surface area contributed by atoms with Gasteiger partial charge in [0.05, 0.1) is 12.2 Å². The van der Waals surface area contributed by atoms with E-state index >= 15 is 0 Å². The van der Waals surface area contributed by atoms with E-state index in [2.05, 4.69) is 30.6 Å². The molecule has 126 valence electrons. The van der Waals surface area contributed by atoms with Gasteiger partial charge in [0.2, 0.25) is 11.7 Å². The molecule has 4 rings (SSSR count). The minimum absolute atomic E-state index is 0.122. The van der Waals surface area contributed by atoms with E-state index in [9.17, 15) is 4.79 Å². The highest BCUT2D eigenvalue weighted by molar-refractivity contribution is 5.92. The zero-order valence-corrected chi connectivity index (χ0v) is 13.5. The van der Waals surface area contributed by atoms with Gasteiger partial charge in [-0.2, -0.15) is 10.1 Å². The second-order valence-electron chi connectivity index (χ2n) is 5.82. The summed E-state index contributed by atoms with van der Waals surface area (Å²) < 4.78 is 5.14. The number of aryl methyl sites for hydroxylation is 2. The first kappa shape index (κ1) is 15.4. The van der Waals surface area contributed by atoms with E-state index in [4.69, 9.17) is 4.52 Å². The molecule has 3 heterocycles. The Morgan fingerprint density at radius 3 is 3.00 bits per heavy atom. The number of pyridine rings is 1. The van der Waals surface area contributed by atoms with Crippen molar-refractivity contribution in [3.63, 3.8) is 0 Å². The van der Waals surface area contributed by atoms with Crippen LogP contribution >= 0.6 is 0 Å². The summed E-state index contributed by atoms with van der Waals surface area (Å²) in [5, 5.41) is 14.8. The second-order valence-corrected chi connectivity index (χ2v) is 5.82. The van der Waals surface area contributed by atoms with E-state index in [1.807, 2.05) is 18.2 Å². The number of carbonyl (C=O) groups is 1. The molecule has 0 aromatic carbocycles. The summed E-state index contributed by atoms with van der Waals surface area (Å²) in [7, 11) is 0. The number of nitrogens with zero attached hydrogens (tertiary/aromatic N) is 5. The number of amides is 1. The number of fused-ring (bicyclic) bond motifs is 1. The summed E-state index contributed by atoms with van der Waals surface area (Å²) in [6.07, 6.45) is 5.79. The lowest BCUT2D eigenvalue weighted by atomic mass is 9.96. The molecule has 0 unspecified atom stereocenters. The summed E-state index contributed by atoms with van der Waals surface area (Å²) in [5.41, 5.74) is 3.04. The van der Waals surface area contributed by atoms with Gasteiger partial charge in [-0.3, -0.25) is 9.78 Å². The summed E-state index contributed by atoms with van der Waals surface area (Å²) in [6, 6.07) is 7.26. The van der Waals surface area contributed by atoms with E-state index in [1.54, 1.807) is 12.3 Å². The van der Waals surface area contributed by atoms with Crippen LogP contribution in [0.2, 0.25) is 0 Å². The van der Waals surface area contributed by atoms with E-state index < -0.39 is 0 Å². The summed E-state index contributed by atoms with van der Waals surface area (Å²) in [4.78, 5) is 20.6. The van der Waals surface area contributed by atoms with Crippen molar-refractivity contribution in [1.29, 1.82) is 0 Å². The molecular weight excluding hydrogens is 320 g/mol. The lowest BCUT2D eigenvalue weighted by Gasteiger charge is -2.13. The third-order valence-corrected chi connectivity index (χ3v) is 4.06. The van der Waals surface area contributed by atoms with Crippen LogP contribution in [0.5, 0.6) is 0 Å². The molecule has 25 heavy (non-hydrogen) atoms. The van der Waals surface area contributed by atoms with Crippen molar-refractivity contribution in [2.24, 2.45) is 0 Å². The monoisotopic (exact) mass is 336 g/mol. The van der Waals surface area contributed by atoms with Crippen LogP contribution in [0.15, 0.2) is 35.0 Å². The maximum absolute atomic E-state index is 12.3. The van der Waals surface area contributed by atoms with Gasteiger partial charge in [0.25, 0.3) is 5.91 Å². The third kappa shape index (κ3) is 3.37. The van der Waals surface area contributed by atoms with Crippen LogP contribution < -0.4 is 5.32 Å². The highest BCUT2D eigenvalue weighted by atomic mass is 16.5. The molecule has 0 saturated heterocycles. The summed E-state index contributed by atoms with van der Waals surface area (Å²) in [5.74, 6) is 0.386. The molecule has 0 aliphatic heterocycles. The molecule has 3 aromatic heterocycles.